The van der Waals surface area contributed by atoms with Crippen LogP contribution >= 0.6 is 0 Å². The minimum atomic E-state index is -0.128. The smallest absolute Gasteiger partial charge is 0.143 e. The third kappa shape index (κ3) is 11.9. The Morgan fingerprint density at radius 1 is 0.846 bits per heavy atom. The first-order valence-corrected chi connectivity index (χ1v) is 5.60. The second-order valence-electron chi connectivity index (χ2n) is 3.51. The molecule has 0 saturated heterocycles. The highest BCUT2D eigenvalue weighted by molar-refractivity contribution is 4.45. The molecule has 0 rings (SSSR count). The number of hydrogen-bond acceptors (Lipinski definition) is 2. The Labute approximate surface area is 82.3 Å². The first kappa shape index (κ1) is 12.9. The van der Waals surface area contributed by atoms with Crippen LogP contribution in [-0.2, 0) is 4.74 Å². The first-order chi connectivity index (χ1) is 6.41. The quantitative estimate of drug-likeness (QED) is 0.421. The molecule has 0 fully saturated rings. The van der Waals surface area contributed by atoms with Crippen LogP contribution in [0.4, 0.5) is 0 Å². The van der Waals surface area contributed by atoms with E-state index < -0.39 is 0 Å². The van der Waals surface area contributed by atoms with E-state index in [2.05, 4.69) is 6.92 Å². The van der Waals surface area contributed by atoms with Gasteiger partial charge in [-0.3, -0.25) is 0 Å². The molecule has 0 spiro atoms. The minimum Gasteiger partial charge on any atom is -0.371 e. The van der Waals surface area contributed by atoms with Crippen LogP contribution in [-0.4, -0.2) is 18.5 Å². The standard InChI is InChI=1S/C11H24O2/c1-2-3-4-5-6-7-8-9-10-13-11-12/h12H,2-11H2,1H3. The Kier molecular flexibility index (Phi) is 11.8. The minimum absolute atomic E-state index is 0.128. The van der Waals surface area contributed by atoms with Crippen molar-refractivity contribution < 1.29 is 9.84 Å². The van der Waals surface area contributed by atoms with Gasteiger partial charge >= 0.3 is 0 Å². The highest BCUT2D eigenvalue weighted by atomic mass is 16.6. The number of aliphatic hydroxyl groups is 1. The molecule has 0 aromatic rings. The zero-order valence-corrected chi connectivity index (χ0v) is 8.93. The predicted molar refractivity (Wildman–Crippen MR) is 55.6 cm³/mol. The van der Waals surface area contributed by atoms with E-state index in [1.807, 2.05) is 0 Å². The van der Waals surface area contributed by atoms with Gasteiger partial charge in [-0.25, -0.2) is 0 Å². The lowest BCUT2D eigenvalue weighted by molar-refractivity contribution is -0.00284. The summed E-state index contributed by atoms with van der Waals surface area (Å²) in [5.41, 5.74) is 0. The monoisotopic (exact) mass is 188 g/mol. The van der Waals surface area contributed by atoms with Crippen molar-refractivity contribution in [1.29, 1.82) is 0 Å². The number of hydrogen-bond donors (Lipinski definition) is 1. The summed E-state index contributed by atoms with van der Waals surface area (Å²) in [7, 11) is 0. The molecule has 0 bridgehead atoms. The van der Waals surface area contributed by atoms with Crippen molar-refractivity contribution in [2.45, 2.75) is 58.3 Å². The molecule has 2 heteroatoms. The molecule has 0 heterocycles. The van der Waals surface area contributed by atoms with Gasteiger partial charge in [-0.15, -0.1) is 0 Å². The van der Waals surface area contributed by atoms with Gasteiger partial charge in [0.1, 0.15) is 6.79 Å². The zero-order valence-electron chi connectivity index (χ0n) is 8.93. The third-order valence-corrected chi connectivity index (χ3v) is 2.23. The molecule has 0 unspecified atom stereocenters. The number of rotatable bonds is 10. The van der Waals surface area contributed by atoms with Gasteiger partial charge in [0.05, 0.1) is 0 Å². The Hall–Kier alpha value is -0.0800. The molecule has 0 aliphatic heterocycles. The maximum Gasteiger partial charge on any atom is 0.143 e. The number of unbranched alkanes of at least 4 members (excludes halogenated alkanes) is 7. The Morgan fingerprint density at radius 2 is 1.38 bits per heavy atom. The van der Waals surface area contributed by atoms with Crippen LogP contribution in [0.2, 0.25) is 0 Å². The fourth-order valence-corrected chi connectivity index (χ4v) is 1.40. The fraction of sp³-hybridized carbons (Fsp3) is 1.00. The van der Waals surface area contributed by atoms with Gasteiger partial charge in [0.25, 0.3) is 0 Å². The van der Waals surface area contributed by atoms with Crippen molar-refractivity contribution in [2.24, 2.45) is 0 Å². The highest BCUT2D eigenvalue weighted by Crippen LogP contribution is 2.08. The van der Waals surface area contributed by atoms with Gasteiger partial charge in [-0.05, 0) is 6.42 Å². The van der Waals surface area contributed by atoms with E-state index in [4.69, 9.17) is 9.84 Å². The lowest BCUT2D eigenvalue weighted by Gasteiger charge is -2.01. The summed E-state index contributed by atoms with van der Waals surface area (Å²) in [6.45, 7) is 2.83. The van der Waals surface area contributed by atoms with Gasteiger partial charge in [-0.1, -0.05) is 51.9 Å². The maximum atomic E-state index is 8.34. The van der Waals surface area contributed by atoms with Gasteiger partial charge < -0.3 is 9.84 Å². The lowest BCUT2D eigenvalue weighted by atomic mass is 10.1. The molecule has 1 N–H and O–H groups in total. The average molecular weight is 188 g/mol. The van der Waals surface area contributed by atoms with Gasteiger partial charge in [0, 0.05) is 6.61 Å². The highest BCUT2D eigenvalue weighted by Gasteiger charge is 1.91. The molecular formula is C11H24O2. The van der Waals surface area contributed by atoms with Crippen molar-refractivity contribution in [2.75, 3.05) is 13.4 Å². The molecule has 2 nitrogen and oxygen atoms in total. The summed E-state index contributed by atoms with van der Waals surface area (Å²) in [5, 5.41) is 8.34. The third-order valence-electron chi connectivity index (χ3n) is 2.23. The Balaban J connectivity index is 2.76. The van der Waals surface area contributed by atoms with E-state index in [-0.39, 0.29) is 6.79 Å². The number of aliphatic hydroxyl groups excluding tert-OH is 1. The predicted octanol–water partition coefficient (Wildman–Crippen LogP) is 3.09. The van der Waals surface area contributed by atoms with Crippen LogP contribution in [0, 0.1) is 0 Å². The molecular weight excluding hydrogens is 164 g/mol. The Bertz CT molecular complexity index is 74.2. The molecule has 0 saturated carbocycles. The van der Waals surface area contributed by atoms with E-state index in [1.54, 1.807) is 0 Å². The lowest BCUT2D eigenvalue weighted by Crippen LogP contribution is -1.94. The summed E-state index contributed by atoms with van der Waals surface area (Å²) in [6.07, 6.45) is 10.5. The molecule has 0 radical (unpaired) electrons. The zero-order chi connectivity index (χ0) is 9.78. The van der Waals surface area contributed by atoms with Crippen LogP contribution in [0.3, 0.4) is 0 Å². The van der Waals surface area contributed by atoms with Crippen molar-refractivity contribution >= 4 is 0 Å². The van der Waals surface area contributed by atoms with Crippen molar-refractivity contribution in [1.82, 2.24) is 0 Å². The van der Waals surface area contributed by atoms with E-state index in [9.17, 15) is 0 Å². The second-order valence-corrected chi connectivity index (χ2v) is 3.51. The van der Waals surface area contributed by atoms with Crippen LogP contribution in [0.25, 0.3) is 0 Å². The van der Waals surface area contributed by atoms with Crippen LogP contribution in [0.5, 0.6) is 0 Å². The Morgan fingerprint density at radius 3 is 1.92 bits per heavy atom. The van der Waals surface area contributed by atoms with E-state index in [0.717, 1.165) is 6.42 Å². The largest absolute Gasteiger partial charge is 0.371 e. The van der Waals surface area contributed by atoms with Crippen molar-refractivity contribution in [3.63, 3.8) is 0 Å². The molecule has 80 valence electrons. The van der Waals surface area contributed by atoms with Crippen molar-refractivity contribution in [3.05, 3.63) is 0 Å². The molecule has 0 aromatic heterocycles. The van der Waals surface area contributed by atoms with Gasteiger partial charge in [0.2, 0.25) is 0 Å². The van der Waals surface area contributed by atoms with Crippen LogP contribution in [0.15, 0.2) is 0 Å². The first-order valence-electron chi connectivity index (χ1n) is 5.60. The summed E-state index contributed by atoms with van der Waals surface area (Å²) in [4.78, 5) is 0. The van der Waals surface area contributed by atoms with E-state index in [0.29, 0.717) is 6.61 Å². The SMILES string of the molecule is CCCCCCCCCCOCO. The molecule has 0 atom stereocenters. The van der Waals surface area contributed by atoms with Gasteiger partial charge in [0.15, 0.2) is 0 Å². The molecule has 0 aliphatic rings. The summed E-state index contributed by atoms with van der Waals surface area (Å²) >= 11 is 0. The maximum absolute atomic E-state index is 8.34. The molecule has 0 aliphatic carbocycles. The number of ether oxygens (including phenoxy) is 1. The van der Waals surface area contributed by atoms with Gasteiger partial charge in [-0.2, -0.15) is 0 Å². The van der Waals surface area contributed by atoms with Crippen molar-refractivity contribution in [3.8, 4) is 0 Å². The average Bonchev–Trinajstić information content (AvgIpc) is 2.16. The fourth-order valence-electron chi connectivity index (χ4n) is 1.40. The van der Waals surface area contributed by atoms with Crippen LogP contribution in [0.1, 0.15) is 58.3 Å². The normalized spacial score (nSPS) is 10.6. The molecule has 13 heavy (non-hydrogen) atoms. The topological polar surface area (TPSA) is 29.5 Å². The molecule has 0 amide bonds. The van der Waals surface area contributed by atoms with E-state index >= 15 is 0 Å². The molecule has 0 aromatic carbocycles. The summed E-state index contributed by atoms with van der Waals surface area (Å²) in [5.74, 6) is 0. The second kappa shape index (κ2) is 11.9. The van der Waals surface area contributed by atoms with E-state index in [1.165, 1.54) is 44.9 Å². The summed E-state index contributed by atoms with van der Waals surface area (Å²) < 4.78 is 4.83. The van der Waals surface area contributed by atoms with Crippen LogP contribution < -0.4 is 0 Å². The summed E-state index contributed by atoms with van der Waals surface area (Å²) in [6, 6.07) is 0.